The van der Waals surface area contributed by atoms with E-state index in [0.717, 1.165) is 22.3 Å². The first-order valence-electron chi connectivity index (χ1n) is 12.2. The van der Waals surface area contributed by atoms with Crippen LogP contribution in [0.3, 0.4) is 0 Å². The zero-order valence-electron chi connectivity index (χ0n) is 22.0. The third-order valence-corrected chi connectivity index (χ3v) is 10.9. The summed E-state index contributed by atoms with van der Waals surface area (Å²) < 4.78 is 50.4. The number of rotatable bonds is 8. The normalized spacial score (nSPS) is 14.1. The minimum Gasteiger partial charge on any atom is -0.436 e. The van der Waals surface area contributed by atoms with Crippen LogP contribution in [0.2, 0.25) is 5.02 Å². The Morgan fingerprint density at radius 1 is 0.816 bits per heavy atom. The van der Waals surface area contributed by atoms with Crippen molar-refractivity contribution in [2.24, 2.45) is 0 Å². The average Bonchev–Trinajstić information content (AvgIpc) is 2.85. The molecular formula is C30H31ClNO4PS. The van der Waals surface area contributed by atoms with E-state index in [4.69, 9.17) is 16.1 Å². The molecule has 0 saturated heterocycles. The van der Waals surface area contributed by atoms with E-state index in [2.05, 4.69) is 4.72 Å². The van der Waals surface area contributed by atoms with Crippen LogP contribution in [0.4, 0.5) is 0 Å². The van der Waals surface area contributed by atoms with Crippen molar-refractivity contribution < 1.29 is 17.5 Å². The molecule has 0 aliphatic rings. The quantitative estimate of drug-likeness (QED) is 0.235. The van der Waals surface area contributed by atoms with Gasteiger partial charge in [-0.2, -0.15) is 0 Å². The van der Waals surface area contributed by atoms with Crippen molar-refractivity contribution in [3.8, 4) is 5.75 Å². The Balaban J connectivity index is 1.80. The standard InChI is InChI=1S/C30H31ClNO4PS/c1-20-11-14-27(15-12-20)38(34,35)32-24(5)28-19-25(31)13-16-29(28)36-37(33,26-9-7-6-8-10-26)30-22(3)17-21(2)18-23(30)4/h6-19,24,32H,1-5H3/t24-,37+/m0/s1. The van der Waals surface area contributed by atoms with Crippen molar-refractivity contribution in [1.82, 2.24) is 4.72 Å². The van der Waals surface area contributed by atoms with Crippen LogP contribution in [-0.4, -0.2) is 8.42 Å². The molecule has 0 fully saturated rings. The first kappa shape index (κ1) is 28.1. The Labute approximate surface area is 230 Å². The molecule has 1 N–H and O–H groups in total. The Hall–Kier alpha value is -2.89. The van der Waals surface area contributed by atoms with Crippen molar-refractivity contribution in [2.75, 3.05) is 0 Å². The Morgan fingerprint density at radius 2 is 1.42 bits per heavy atom. The molecule has 4 aromatic rings. The summed E-state index contributed by atoms with van der Waals surface area (Å²) in [5.41, 5.74) is 4.22. The van der Waals surface area contributed by atoms with Gasteiger partial charge in [0.2, 0.25) is 10.0 Å². The molecule has 0 aliphatic carbocycles. The summed E-state index contributed by atoms with van der Waals surface area (Å²) in [6.45, 7) is 9.45. The lowest BCUT2D eigenvalue weighted by molar-refractivity contribution is 0.494. The lowest BCUT2D eigenvalue weighted by Crippen LogP contribution is -2.28. The van der Waals surface area contributed by atoms with E-state index < -0.39 is 23.4 Å². The van der Waals surface area contributed by atoms with Crippen LogP contribution in [0.5, 0.6) is 5.75 Å². The summed E-state index contributed by atoms with van der Waals surface area (Å²) in [7, 11) is -7.50. The predicted molar refractivity (Wildman–Crippen MR) is 156 cm³/mol. The predicted octanol–water partition coefficient (Wildman–Crippen LogP) is 6.92. The molecule has 0 heterocycles. The third-order valence-electron chi connectivity index (χ3n) is 6.35. The van der Waals surface area contributed by atoms with Gasteiger partial charge >= 0.3 is 7.37 Å². The van der Waals surface area contributed by atoms with E-state index >= 15 is 0 Å². The van der Waals surface area contributed by atoms with Crippen LogP contribution < -0.4 is 19.9 Å². The molecular weight excluding hydrogens is 537 g/mol. The highest BCUT2D eigenvalue weighted by atomic mass is 35.5. The van der Waals surface area contributed by atoms with E-state index in [1.54, 1.807) is 61.5 Å². The number of nitrogens with one attached hydrogen (secondary N) is 1. The second kappa shape index (κ2) is 11.1. The van der Waals surface area contributed by atoms with Crippen LogP contribution in [0, 0.1) is 27.7 Å². The smallest absolute Gasteiger partial charge is 0.307 e. The molecule has 0 spiro atoms. The number of aryl methyl sites for hydroxylation is 4. The maximum atomic E-state index is 14.9. The van der Waals surface area contributed by atoms with E-state index in [0.29, 0.717) is 26.9 Å². The molecule has 0 aliphatic heterocycles. The molecule has 0 radical (unpaired) electrons. The van der Waals surface area contributed by atoms with Crippen molar-refractivity contribution in [1.29, 1.82) is 0 Å². The fraction of sp³-hybridized carbons (Fsp3) is 0.200. The highest BCUT2D eigenvalue weighted by molar-refractivity contribution is 7.89. The second-order valence-electron chi connectivity index (χ2n) is 9.56. The van der Waals surface area contributed by atoms with Gasteiger partial charge in [-0.1, -0.05) is 65.2 Å². The summed E-state index contributed by atoms with van der Waals surface area (Å²) in [6.07, 6.45) is 0. The molecule has 5 nitrogen and oxygen atoms in total. The first-order valence-corrected chi connectivity index (χ1v) is 15.7. The van der Waals surface area contributed by atoms with Gasteiger partial charge in [0.1, 0.15) is 5.75 Å². The maximum Gasteiger partial charge on any atom is 0.307 e. The van der Waals surface area contributed by atoms with E-state index in [1.807, 2.05) is 58.0 Å². The molecule has 0 aromatic heterocycles. The maximum absolute atomic E-state index is 14.9. The topological polar surface area (TPSA) is 72.5 Å². The third kappa shape index (κ3) is 5.89. The molecule has 4 aromatic carbocycles. The molecule has 0 bridgehead atoms. The van der Waals surface area contributed by atoms with Gasteiger partial charge < -0.3 is 4.52 Å². The van der Waals surface area contributed by atoms with Crippen LogP contribution in [0.1, 0.15) is 40.8 Å². The highest BCUT2D eigenvalue weighted by Crippen LogP contribution is 2.49. The average molecular weight is 568 g/mol. The number of sulfonamides is 1. The molecule has 0 amide bonds. The first-order chi connectivity index (χ1) is 17.9. The summed E-state index contributed by atoms with van der Waals surface area (Å²) in [5, 5.41) is 1.58. The summed E-state index contributed by atoms with van der Waals surface area (Å²) >= 11 is 6.34. The van der Waals surface area contributed by atoms with Crippen molar-refractivity contribution in [2.45, 2.75) is 45.6 Å². The Kier molecular flexibility index (Phi) is 8.20. The van der Waals surface area contributed by atoms with Crippen LogP contribution in [-0.2, 0) is 14.6 Å². The van der Waals surface area contributed by atoms with Crippen LogP contribution in [0.25, 0.3) is 0 Å². The molecule has 2 atom stereocenters. The number of halogens is 1. The van der Waals surface area contributed by atoms with Crippen LogP contribution in [0.15, 0.2) is 89.8 Å². The van der Waals surface area contributed by atoms with Gasteiger partial charge in [-0.3, -0.25) is 4.57 Å². The minimum absolute atomic E-state index is 0.153. The van der Waals surface area contributed by atoms with Crippen LogP contribution >= 0.6 is 19.0 Å². The van der Waals surface area contributed by atoms with E-state index in [1.165, 1.54) is 0 Å². The van der Waals surface area contributed by atoms with Gasteiger partial charge in [-0.25, -0.2) is 13.1 Å². The lowest BCUT2D eigenvalue weighted by atomic mass is 10.1. The minimum atomic E-state index is -3.84. The molecule has 38 heavy (non-hydrogen) atoms. The molecule has 8 heteroatoms. The van der Waals surface area contributed by atoms with E-state index in [9.17, 15) is 13.0 Å². The molecule has 4 rings (SSSR count). The van der Waals surface area contributed by atoms with Gasteiger partial charge in [0.05, 0.1) is 15.5 Å². The van der Waals surface area contributed by atoms with Crippen molar-refractivity contribution in [3.63, 3.8) is 0 Å². The van der Waals surface area contributed by atoms with Gasteiger partial charge in [-0.15, -0.1) is 0 Å². The Bertz CT molecular complexity index is 1600. The summed E-state index contributed by atoms with van der Waals surface area (Å²) in [4.78, 5) is 0.153. The van der Waals surface area contributed by atoms with Gasteiger partial charge in [0, 0.05) is 16.6 Å². The zero-order chi connectivity index (χ0) is 27.7. The number of hydrogen-bond acceptors (Lipinski definition) is 4. The van der Waals surface area contributed by atoms with Gasteiger partial charge in [0.15, 0.2) is 0 Å². The SMILES string of the molecule is Cc1ccc(S(=O)(=O)N[C@@H](C)c2cc(Cl)ccc2O[P@](=O)(c2ccccc2)c2c(C)cc(C)cc2C)cc1. The molecule has 0 unspecified atom stereocenters. The zero-order valence-corrected chi connectivity index (χ0v) is 24.5. The fourth-order valence-electron chi connectivity index (χ4n) is 4.65. The van der Waals surface area contributed by atoms with Gasteiger partial charge in [-0.05, 0) is 88.2 Å². The lowest BCUT2D eigenvalue weighted by Gasteiger charge is -2.26. The highest BCUT2D eigenvalue weighted by Gasteiger charge is 2.35. The number of hydrogen-bond donors (Lipinski definition) is 1. The molecule has 198 valence electrons. The number of benzene rings is 4. The second-order valence-corrected chi connectivity index (χ2v) is 14.0. The van der Waals surface area contributed by atoms with Gasteiger partial charge in [0.25, 0.3) is 0 Å². The largest absolute Gasteiger partial charge is 0.436 e. The van der Waals surface area contributed by atoms with Crippen molar-refractivity contribution >= 4 is 39.6 Å². The summed E-state index contributed by atoms with van der Waals surface area (Å²) in [5.74, 6) is 0.292. The fourth-order valence-corrected chi connectivity index (χ4v) is 8.57. The summed E-state index contributed by atoms with van der Waals surface area (Å²) in [6, 6.07) is 23.9. The van der Waals surface area contributed by atoms with Crippen molar-refractivity contribution in [3.05, 3.63) is 118 Å². The monoisotopic (exact) mass is 567 g/mol. The molecule has 0 saturated carbocycles. The Morgan fingerprint density at radius 3 is 2.03 bits per heavy atom. The van der Waals surface area contributed by atoms with E-state index in [-0.39, 0.29) is 4.90 Å².